The number of fused-ring (bicyclic) bond motifs is 1. The van der Waals surface area contributed by atoms with Gasteiger partial charge in [0.2, 0.25) is 5.95 Å². The smallest absolute Gasteiger partial charge is 0.201 e. The summed E-state index contributed by atoms with van der Waals surface area (Å²) in [7, 11) is 0. The van der Waals surface area contributed by atoms with Gasteiger partial charge in [0, 0.05) is 12.3 Å². The fourth-order valence-electron chi connectivity index (χ4n) is 2.14. The third-order valence-electron chi connectivity index (χ3n) is 3.14. The number of ether oxygens (including phenoxy) is 1. The van der Waals surface area contributed by atoms with Crippen molar-refractivity contribution in [1.29, 1.82) is 0 Å². The van der Waals surface area contributed by atoms with Gasteiger partial charge < -0.3 is 20.8 Å². The Morgan fingerprint density at radius 1 is 1.53 bits per heavy atom. The van der Waals surface area contributed by atoms with Crippen LogP contribution in [-0.4, -0.2) is 28.7 Å². The van der Waals surface area contributed by atoms with Gasteiger partial charge in [-0.1, -0.05) is 0 Å². The van der Waals surface area contributed by atoms with Crippen molar-refractivity contribution in [2.75, 3.05) is 24.3 Å². The zero-order valence-electron chi connectivity index (χ0n) is 9.79. The van der Waals surface area contributed by atoms with Crippen molar-refractivity contribution in [2.45, 2.75) is 18.9 Å². The molecule has 0 bridgehead atoms. The number of nitrogen functional groups attached to an aromatic ring is 1. The maximum absolute atomic E-state index is 5.73. The molecule has 2 aromatic rings. The third-order valence-corrected chi connectivity index (χ3v) is 3.14. The van der Waals surface area contributed by atoms with Gasteiger partial charge in [0.15, 0.2) is 0 Å². The maximum Gasteiger partial charge on any atom is 0.201 e. The van der Waals surface area contributed by atoms with Crippen LogP contribution in [0.2, 0.25) is 0 Å². The highest BCUT2D eigenvalue weighted by Crippen LogP contribution is 2.24. The highest BCUT2D eigenvalue weighted by Gasteiger charge is 2.30. The lowest BCUT2D eigenvalue weighted by Crippen LogP contribution is -2.35. The number of anilines is 2. The number of hydrogen-bond acceptors (Lipinski definition) is 4. The number of H-pyrrole nitrogens is 1. The van der Waals surface area contributed by atoms with E-state index < -0.39 is 0 Å². The molecule has 1 saturated heterocycles. The maximum atomic E-state index is 5.73. The van der Waals surface area contributed by atoms with Crippen LogP contribution in [0.5, 0.6) is 0 Å². The van der Waals surface area contributed by atoms with Crippen LogP contribution < -0.4 is 11.1 Å². The molecular formula is C12H16N4O. The summed E-state index contributed by atoms with van der Waals surface area (Å²) in [6.07, 6.45) is 0.992. The largest absolute Gasteiger partial charge is 0.399 e. The molecule has 5 heteroatoms. The molecule has 1 unspecified atom stereocenters. The summed E-state index contributed by atoms with van der Waals surface area (Å²) in [5.74, 6) is 0.776. The Balaban J connectivity index is 1.90. The van der Waals surface area contributed by atoms with Crippen molar-refractivity contribution in [1.82, 2.24) is 9.97 Å². The van der Waals surface area contributed by atoms with Gasteiger partial charge in [-0.15, -0.1) is 0 Å². The summed E-state index contributed by atoms with van der Waals surface area (Å²) < 4.78 is 5.40. The van der Waals surface area contributed by atoms with Gasteiger partial charge in [-0.25, -0.2) is 4.98 Å². The second-order valence-electron chi connectivity index (χ2n) is 4.85. The Morgan fingerprint density at radius 3 is 3.18 bits per heavy atom. The molecule has 5 nitrogen and oxygen atoms in total. The zero-order chi connectivity index (χ0) is 11.9. The molecule has 1 aliphatic heterocycles. The molecule has 4 N–H and O–H groups in total. The van der Waals surface area contributed by atoms with Gasteiger partial charge in [0.05, 0.1) is 23.2 Å². The summed E-state index contributed by atoms with van der Waals surface area (Å²) in [6.45, 7) is 3.66. The number of imidazole rings is 1. The van der Waals surface area contributed by atoms with Crippen molar-refractivity contribution in [3.8, 4) is 0 Å². The summed E-state index contributed by atoms with van der Waals surface area (Å²) in [4.78, 5) is 7.72. The topological polar surface area (TPSA) is 76.0 Å². The Morgan fingerprint density at radius 2 is 2.41 bits per heavy atom. The predicted molar refractivity (Wildman–Crippen MR) is 68.0 cm³/mol. The normalized spacial score (nSPS) is 24.3. The number of aromatic amines is 1. The molecule has 2 heterocycles. The van der Waals surface area contributed by atoms with Crippen LogP contribution in [0.25, 0.3) is 11.0 Å². The molecule has 0 radical (unpaired) electrons. The van der Waals surface area contributed by atoms with E-state index in [0.29, 0.717) is 6.61 Å². The number of nitrogens with zero attached hydrogens (tertiary/aromatic N) is 1. The second kappa shape index (κ2) is 3.63. The Hall–Kier alpha value is -1.75. The number of hydrogen-bond donors (Lipinski definition) is 3. The SMILES string of the molecule is CC1(Nc2nc3ccc(N)cc3[nH]2)CCOC1. The molecular weight excluding hydrogens is 216 g/mol. The van der Waals surface area contributed by atoms with Gasteiger partial charge in [-0.05, 0) is 31.5 Å². The number of benzene rings is 1. The zero-order valence-corrected chi connectivity index (χ0v) is 9.79. The molecule has 1 aromatic heterocycles. The van der Waals surface area contributed by atoms with Crippen molar-refractivity contribution in [3.63, 3.8) is 0 Å². The average molecular weight is 232 g/mol. The van der Waals surface area contributed by atoms with Crippen LogP contribution in [0.15, 0.2) is 18.2 Å². The van der Waals surface area contributed by atoms with E-state index in [2.05, 4.69) is 22.2 Å². The van der Waals surface area contributed by atoms with Gasteiger partial charge in [0.1, 0.15) is 0 Å². The van der Waals surface area contributed by atoms with E-state index in [1.54, 1.807) is 0 Å². The first kappa shape index (κ1) is 10.4. The fraction of sp³-hybridized carbons (Fsp3) is 0.417. The monoisotopic (exact) mass is 232 g/mol. The van der Waals surface area contributed by atoms with Gasteiger partial charge in [0.25, 0.3) is 0 Å². The molecule has 0 aliphatic carbocycles. The van der Waals surface area contributed by atoms with E-state index in [4.69, 9.17) is 10.5 Å². The Bertz CT molecular complexity index is 542. The van der Waals surface area contributed by atoms with E-state index in [1.807, 2.05) is 18.2 Å². The summed E-state index contributed by atoms with van der Waals surface area (Å²) in [6, 6.07) is 5.66. The average Bonchev–Trinajstić information content (AvgIpc) is 2.84. The van der Waals surface area contributed by atoms with Crippen LogP contribution in [-0.2, 0) is 4.74 Å². The molecule has 0 saturated carbocycles. The lowest BCUT2D eigenvalue weighted by molar-refractivity contribution is 0.185. The molecule has 1 aromatic carbocycles. The Labute approximate surface area is 99.4 Å². The highest BCUT2D eigenvalue weighted by molar-refractivity contribution is 5.80. The minimum Gasteiger partial charge on any atom is -0.399 e. The van der Waals surface area contributed by atoms with E-state index >= 15 is 0 Å². The number of nitrogens with two attached hydrogens (primary N) is 1. The molecule has 0 spiro atoms. The van der Waals surface area contributed by atoms with Gasteiger partial charge in [-0.3, -0.25) is 0 Å². The highest BCUT2D eigenvalue weighted by atomic mass is 16.5. The molecule has 3 rings (SSSR count). The van der Waals surface area contributed by atoms with Crippen LogP contribution in [0, 0.1) is 0 Å². The molecule has 17 heavy (non-hydrogen) atoms. The van der Waals surface area contributed by atoms with E-state index in [9.17, 15) is 0 Å². The summed E-state index contributed by atoms with van der Waals surface area (Å²) >= 11 is 0. The van der Waals surface area contributed by atoms with Gasteiger partial charge in [-0.2, -0.15) is 0 Å². The first-order valence-electron chi connectivity index (χ1n) is 5.76. The van der Waals surface area contributed by atoms with Crippen LogP contribution >= 0.6 is 0 Å². The van der Waals surface area contributed by atoms with Crippen LogP contribution in [0.3, 0.4) is 0 Å². The number of aromatic nitrogens is 2. The number of rotatable bonds is 2. The van der Waals surface area contributed by atoms with Crippen molar-refractivity contribution < 1.29 is 4.74 Å². The van der Waals surface area contributed by atoms with E-state index in [0.717, 1.165) is 35.7 Å². The first-order valence-corrected chi connectivity index (χ1v) is 5.76. The quantitative estimate of drug-likeness (QED) is 0.689. The minimum atomic E-state index is -0.0284. The van der Waals surface area contributed by atoms with Crippen molar-refractivity contribution in [3.05, 3.63) is 18.2 Å². The van der Waals surface area contributed by atoms with Crippen LogP contribution in [0.4, 0.5) is 11.6 Å². The predicted octanol–water partition coefficient (Wildman–Crippen LogP) is 1.74. The summed E-state index contributed by atoms with van der Waals surface area (Å²) in [5.41, 5.74) is 8.32. The lowest BCUT2D eigenvalue weighted by Gasteiger charge is -2.22. The summed E-state index contributed by atoms with van der Waals surface area (Å²) in [5, 5.41) is 3.39. The second-order valence-corrected chi connectivity index (χ2v) is 4.85. The molecule has 1 atom stereocenters. The molecule has 0 amide bonds. The Kier molecular flexibility index (Phi) is 2.22. The molecule has 1 fully saturated rings. The third kappa shape index (κ3) is 1.93. The lowest BCUT2D eigenvalue weighted by atomic mass is 10.0. The molecule has 1 aliphatic rings. The number of nitrogens with one attached hydrogen (secondary N) is 2. The van der Waals surface area contributed by atoms with E-state index in [-0.39, 0.29) is 5.54 Å². The van der Waals surface area contributed by atoms with Gasteiger partial charge >= 0.3 is 0 Å². The minimum absolute atomic E-state index is 0.0284. The first-order chi connectivity index (χ1) is 8.15. The van der Waals surface area contributed by atoms with Crippen molar-refractivity contribution >= 4 is 22.7 Å². The van der Waals surface area contributed by atoms with Crippen molar-refractivity contribution in [2.24, 2.45) is 0 Å². The fourth-order valence-corrected chi connectivity index (χ4v) is 2.14. The molecule has 90 valence electrons. The standard InChI is InChI=1S/C12H16N4O/c1-12(4-5-17-7-12)16-11-14-9-3-2-8(13)6-10(9)15-11/h2-3,6H,4-5,7,13H2,1H3,(H2,14,15,16). The van der Waals surface area contributed by atoms with E-state index in [1.165, 1.54) is 0 Å². The van der Waals surface area contributed by atoms with Crippen LogP contribution in [0.1, 0.15) is 13.3 Å².